The van der Waals surface area contributed by atoms with E-state index >= 15 is 0 Å². The van der Waals surface area contributed by atoms with Crippen LogP contribution in [0.15, 0.2) is 18.2 Å². The summed E-state index contributed by atoms with van der Waals surface area (Å²) in [5, 5.41) is 17.9. The van der Waals surface area contributed by atoms with E-state index in [1.165, 1.54) is 0 Å². The number of carbonyl (C=O) groups excluding carboxylic acids is 1. The Balaban J connectivity index is 2.32. The third-order valence-corrected chi connectivity index (χ3v) is 3.30. The van der Waals surface area contributed by atoms with Gasteiger partial charge in [0.1, 0.15) is 6.61 Å². The van der Waals surface area contributed by atoms with Crippen LogP contribution in [0.4, 0.5) is 0 Å². The van der Waals surface area contributed by atoms with E-state index in [-0.39, 0.29) is 25.2 Å². The molecule has 20 heavy (non-hydrogen) atoms. The number of aliphatic hydroxyl groups excluding tert-OH is 2. The molecule has 0 saturated heterocycles. The van der Waals surface area contributed by atoms with Gasteiger partial charge < -0.3 is 15.1 Å². The maximum absolute atomic E-state index is 12.6. The quantitative estimate of drug-likeness (QED) is 0.803. The minimum absolute atomic E-state index is 0.0360. The summed E-state index contributed by atoms with van der Waals surface area (Å²) in [4.78, 5) is 14.3. The number of hydrogen-bond donors (Lipinski definition) is 2. The molecule has 0 aliphatic heterocycles. The van der Waals surface area contributed by atoms with Gasteiger partial charge in [-0.1, -0.05) is 17.9 Å². The van der Waals surface area contributed by atoms with Crippen molar-refractivity contribution in [2.24, 2.45) is 0 Å². The van der Waals surface area contributed by atoms with E-state index in [9.17, 15) is 4.79 Å². The minimum atomic E-state index is -0.232. The average molecular weight is 273 g/mol. The molecule has 2 N–H and O–H groups in total. The summed E-state index contributed by atoms with van der Waals surface area (Å²) in [6.07, 6.45) is 1.99. The van der Waals surface area contributed by atoms with Crippen molar-refractivity contribution in [2.75, 3.05) is 19.8 Å². The molecule has 1 aromatic carbocycles. The molecule has 0 heterocycles. The molecule has 0 radical (unpaired) electrons. The van der Waals surface area contributed by atoms with Gasteiger partial charge in [-0.25, -0.2) is 0 Å². The van der Waals surface area contributed by atoms with Crippen molar-refractivity contribution in [2.45, 2.75) is 25.8 Å². The Hall–Kier alpha value is -1.83. The van der Waals surface area contributed by atoms with Crippen LogP contribution in [-0.4, -0.2) is 46.8 Å². The number of benzene rings is 1. The number of aryl methyl sites for hydroxylation is 1. The second-order valence-corrected chi connectivity index (χ2v) is 4.96. The van der Waals surface area contributed by atoms with E-state index in [4.69, 9.17) is 10.2 Å². The first-order valence-corrected chi connectivity index (χ1v) is 6.79. The van der Waals surface area contributed by atoms with Crippen molar-refractivity contribution in [3.8, 4) is 11.8 Å². The van der Waals surface area contributed by atoms with Crippen LogP contribution in [0.3, 0.4) is 0 Å². The lowest BCUT2D eigenvalue weighted by Gasteiger charge is -2.22. The largest absolute Gasteiger partial charge is 0.395 e. The van der Waals surface area contributed by atoms with E-state index in [0.717, 1.165) is 18.4 Å². The molecule has 106 valence electrons. The second kappa shape index (κ2) is 6.56. The highest BCUT2D eigenvalue weighted by Crippen LogP contribution is 2.28. The number of hydrogen-bond acceptors (Lipinski definition) is 3. The highest BCUT2D eigenvalue weighted by atomic mass is 16.3. The SMILES string of the molecule is Cc1ccc(C(=O)N(CCO)C2CC2)c(C#CCO)c1. The monoisotopic (exact) mass is 273 g/mol. The zero-order chi connectivity index (χ0) is 14.5. The molecular weight excluding hydrogens is 254 g/mol. The molecule has 4 heteroatoms. The van der Waals surface area contributed by atoms with Gasteiger partial charge >= 0.3 is 0 Å². The van der Waals surface area contributed by atoms with Crippen LogP contribution in [0.25, 0.3) is 0 Å². The second-order valence-electron chi connectivity index (χ2n) is 4.96. The Kier molecular flexibility index (Phi) is 4.78. The van der Waals surface area contributed by atoms with Gasteiger partial charge in [0.15, 0.2) is 0 Å². The van der Waals surface area contributed by atoms with Crippen LogP contribution < -0.4 is 0 Å². The summed E-state index contributed by atoms with van der Waals surface area (Å²) in [7, 11) is 0. The molecule has 0 atom stereocenters. The van der Waals surface area contributed by atoms with Crippen LogP contribution in [0, 0.1) is 18.8 Å². The summed E-state index contributed by atoms with van der Waals surface area (Å²) < 4.78 is 0. The first kappa shape index (κ1) is 14.6. The van der Waals surface area contributed by atoms with E-state index in [1.807, 2.05) is 19.1 Å². The molecule has 4 nitrogen and oxygen atoms in total. The highest BCUT2D eigenvalue weighted by molar-refractivity contribution is 5.97. The number of rotatable bonds is 4. The van der Waals surface area contributed by atoms with Crippen molar-refractivity contribution >= 4 is 5.91 Å². The van der Waals surface area contributed by atoms with Gasteiger partial charge in [0.2, 0.25) is 0 Å². The van der Waals surface area contributed by atoms with Gasteiger partial charge in [0.05, 0.1) is 12.2 Å². The topological polar surface area (TPSA) is 60.8 Å². The van der Waals surface area contributed by atoms with Gasteiger partial charge in [-0.05, 0) is 37.5 Å². The molecular formula is C16H19NO3. The number of aliphatic hydroxyl groups is 2. The maximum Gasteiger partial charge on any atom is 0.255 e. The molecule has 1 amide bonds. The smallest absolute Gasteiger partial charge is 0.255 e. The lowest BCUT2D eigenvalue weighted by atomic mass is 10.0. The fraction of sp³-hybridized carbons (Fsp3) is 0.438. The van der Waals surface area contributed by atoms with Crippen LogP contribution in [-0.2, 0) is 0 Å². The molecule has 1 saturated carbocycles. The summed E-state index contributed by atoms with van der Waals surface area (Å²) in [5.41, 5.74) is 2.19. The fourth-order valence-corrected chi connectivity index (χ4v) is 2.18. The molecule has 2 rings (SSSR count). The van der Waals surface area contributed by atoms with E-state index < -0.39 is 0 Å². The Morgan fingerprint density at radius 3 is 2.75 bits per heavy atom. The van der Waals surface area contributed by atoms with Crippen molar-refractivity contribution in [1.82, 2.24) is 4.90 Å². The van der Waals surface area contributed by atoms with Crippen molar-refractivity contribution in [1.29, 1.82) is 0 Å². The normalized spacial score (nSPS) is 13.6. The highest BCUT2D eigenvalue weighted by Gasteiger charge is 2.33. The lowest BCUT2D eigenvalue weighted by molar-refractivity contribution is 0.0707. The van der Waals surface area contributed by atoms with Gasteiger partial charge in [-0.15, -0.1) is 0 Å². The number of carbonyl (C=O) groups is 1. The first-order valence-electron chi connectivity index (χ1n) is 6.79. The average Bonchev–Trinajstić information content (AvgIpc) is 3.26. The Morgan fingerprint density at radius 1 is 1.40 bits per heavy atom. The molecule has 0 unspecified atom stereocenters. The van der Waals surface area contributed by atoms with E-state index in [0.29, 0.717) is 17.7 Å². The Labute approximate surface area is 119 Å². The molecule has 1 fully saturated rings. The standard InChI is InChI=1S/C16H19NO3/c1-12-4-7-15(13(11-12)3-2-9-18)16(20)17(8-10-19)14-5-6-14/h4,7,11,14,18-19H,5-6,8-10H2,1H3. The maximum atomic E-state index is 12.6. The third kappa shape index (κ3) is 3.38. The number of amides is 1. The minimum Gasteiger partial charge on any atom is -0.395 e. The zero-order valence-electron chi connectivity index (χ0n) is 11.6. The van der Waals surface area contributed by atoms with Gasteiger partial charge in [-0.2, -0.15) is 0 Å². The Morgan fingerprint density at radius 2 is 2.15 bits per heavy atom. The van der Waals surface area contributed by atoms with Crippen LogP contribution in [0.2, 0.25) is 0 Å². The first-order chi connectivity index (χ1) is 9.67. The summed E-state index contributed by atoms with van der Waals surface area (Å²) in [6.45, 7) is 2.02. The molecule has 0 spiro atoms. The molecule has 0 bridgehead atoms. The van der Waals surface area contributed by atoms with Crippen LogP contribution in [0.5, 0.6) is 0 Å². The van der Waals surface area contributed by atoms with Crippen molar-refractivity contribution in [3.05, 3.63) is 34.9 Å². The molecule has 1 aromatic rings. The fourth-order valence-electron chi connectivity index (χ4n) is 2.18. The van der Waals surface area contributed by atoms with E-state index in [2.05, 4.69) is 11.8 Å². The predicted molar refractivity (Wildman–Crippen MR) is 76.3 cm³/mol. The van der Waals surface area contributed by atoms with Gasteiger partial charge in [0, 0.05) is 18.2 Å². The van der Waals surface area contributed by atoms with Gasteiger partial charge in [-0.3, -0.25) is 4.79 Å². The van der Waals surface area contributed by atoms with E-state index in [1.54, 1.807) is 11.0 Å². The lowest BCUT2D eigenvalue weighted by Crippen LogP contribution is -2.35. The molecule has 1 aliphatic rings. The van der Waals surface area contributed by atoms with Crippen LogP contribution in [0.1, 0.15) is 34.3 Å². The molecule has 0 aromatic heterocycles. The van der Waals surface area contributed by atoms with Crippen molar-refractivity contribution in [3.63, 3.8) is 0 Å². The summed E-state index contributed by atoms with van der Waals surface area (Å²) in [6, 6.07) is 5.74. The van der Waals surface area contributed by atoms with Gasteiger partial charge in [0.25, 0.3) is 5.91 Å². The van der Waals surface area contributed by atoms with Crippen LogP contribution >= 0.6 is 0 Å². The Bertz CT molecular complexity index is 553. The third-order valence-electron chi connectivity index (χ3n) is 3.30. The van der Waals surface area contributed by atoms with Crippen molar-refractivity contribution < 1.29 is 15.0 Å². The summed E-state index contributed by atoms with van der Waals surface area (Å²) >= 11 is 0. The summed E-state index contributed by atoms with van der Waals surface area (Å²) in [5.74, 6) is 5.33. The molecule has 1 aliphatic carbocycles. The zero-order valence-corrected chi connectivity index (χ0v) is 11.6. The number of nitrogens with zero attached hydrogens (tertiary/aromatic N) is 1. The predicted octanol–water partition coefficient (Wildman–Crippen LogP) is 0.936.